The number of hydrogen-bond donors (Lipinski definition) is 1. The number of carbonyl (C=O) groups is 1. The maximum atomic E-state index is 12.0. The topological polar surface area (TPSA) is 29.1 Å². The zero-order valence-corrected chi connectivity index (χ0v) is 10.9. The van der Waals surface area contributed by atoms with Crippen molar-refractivity contribution in [3.8, 4) is 12.3 Å². The van der Waals surface area contributed by atoms with E-state index in [0.29, 0.717) is 11.3 Å². The van der Waals surface area contributed by atoms with E-state index in [1.165, 1.54) is 0 Å². The van der Waals surface area contributed by atoms with Crippen LogP contribution in [0.5, 0.6) is 0 Å². The summed E-state index contributed by atoms with van der Waals surface area (Å²) in [6.07, 6.45) is 5.31. The van der Waals surface area contributed by atoms with E-state index in [1.54, 1.807) is 24.3 Å². The first kappa shape index (κ1) is 13.2. The second kappa shape index (κ2) is 6.08. The third-order valence-electron chi connectivity index (χ3n) is 2.62. The minimum atomic E-state index is -0.726. The molecule has 2 rings (SSSR count). The van der Waals surface area contributed by atoms with Crippen LogP contribution >= 0.6 is 11.6 Å². The summed E-state index contributed by atoms with van der Waals surface area (Å²) in [5, 5.41) is 2.02. The van der Waals surface area contributed by atoms with Gasteiger partial charge in [0.15, 0.2) is 0 Å². The lowest BCUT2D eigenvalue weighted by Gasteiger charge is -2.11. The van der Waals surface area contributed by atoms with Gasteiger partial charge in [-0.2, -0.15) is 0 Å². The molecular weight excluding hydrogens is 258 g/mol. The van der Waals surface area contributed by atoms with Crippen molar-refractivity contribution in [3.63, 3.8) is 0 Å². The highest BCUT2D eigenvalue weighted by Gasteiger charge is 2.17. The average Bonchev–Trinajstić information content (AvgIpc) is 2.47. The van der Waals surface area contributed by atoms with Crippen molar-refractivity contribution in [2.45, 2.75) is 5.38 Å². The fourth-order valence-corrected chi connectivity index (χ4v) is 1.87. The molecule has 0 heterocycles. The van der Waals surface area contributed by atoms with Gasteiger partial charge in [-0.15, -0.1) is 18.0 Å². The molecule has 3 heteroatoms. The quantitative estimate of drug-likeness (QED) is 0.670. The summed E-state index contributed by atoms with van der Waals surface area (Å²) in [6, 6.07) is 16.3. The smallest absolute Gasteiger partial charge is 0.246 e. The standard InChI is InChI=1S/C16H12ClNO/c1-2-12-7-6-10-14(11-12)18-16(19)15(17)13-8-4-3-5-9-13/h1,3-11,15H,(H,18,19)/t15-/m0/s1. The molecule has 2 aromatic rings. The number of alkyl halides is 1. The van der Waals surface area contributed by atoms with Crippen molar-refractivity contribution in [1.29, 1.82) is 0 Å². The molecule has 94 valence electrons. The van der Waals surface area contributed by atoms with Gasteiger partial charge >= 0.3 is 0 Å². The Bertz CT molecular complexity index is 616. The molecule has 0 aromatic heterocycles. The van der Waals surface area contributed by atoms with Gasteiger partial charge in [0.2, 0.25) is 5.91 Å². The molecule has 2 nitrogen and oxygen atoms in total. The Hall–Kier alpha value is -2.24. The van der Waals surface area contributed by atoms with Gasteiger partial charge < -0.3 is 5.32 Å². The number of hydrogen-bond acceptors (Lipinski definition) is 1. The molecule has 0 saturated heterocycles. The fourth-order valence-electron chi connectivity index (χ4n) is 1.67. The molecule has 1 atom stereocenters. The third-order valence-corrected chi connectivity index (χ3v) is 3.07. The van der Waals surface area contributed by atoms with Crippen LogP contribution in [0.3, 0.4) is 0 Å². The molecule has 2 aromatic carbocycles. The van der Waals surface area contributed by atoms with Gasteiger partial charge in [-0.05, 0) is 23.8 Å². The molecule has 0 saturated carbocycles. The van der Waals surface area contributed by atoms with Crippen molar-refractivity contribution < 1.29 is 4.79 Å². The molecule has 0 spiro atoms. The van der Waals surface area contributed by atoms with Crippen LogP contribution in [0.1, 0.15) is 16.5 Å². The van der Waals surface area contributed by atoms with Crippen LogP contribution in [0.15, 0.2) is 54.6 Å². The summed E-state index contributed by atoms with van der Waals surface area (Å²) in [6.45, 7) is 0. The highest BCUT2D eigenvalue weighted by molar-refractivity contribution is 6.32. The van der Waals surface area contributed by atoms with E-state index in [9.17, 15) is 4.79 Å². The Labute approximate surface area is 117 Å². The largest absolute Gasteiger partial charge is 0.324 e. The van der Waals surface area contributed by atoms with E-state index in [0.717, 1.165) is 5.56 Å². The van der Waals surface area contributed by atoms with Crippen LogP contribution in [0.4, 0.5) is 5.69 Å². The van der Waals surface area contributed by atoms with E-state index in [4.69, 9.17) is 18.0 Å². The summed E-state index contributed by atoms with van der Waals surface area (Å²) in [4.78, 5) is 12.0. The second-order valence-electron chi connectivity index (χ2n) is 3.99. The molecular formula is C16H12ClNO. The Balaban J connectivity index is 2.11. The Morgan fingerprint density at radius 2 is 1.89 bits per heavy atom. The highest BCUT2D eigenvalue weighted by atomic mass is 35.5. The van der Waals surface area contributed by atoms with E-state index < -0.39 is 5.38 Å². The molecule has 0 fully saturated rings. The number of benzene rings is 2. The summed E-state index contributed by atoms with van der Waals surface area (Å²) in [5.41, 5.74) is 2.11. The van der Waals surface area contributed by atoms with E-state index >= 15 is 0 Å². The van der Waals surface area contributed by atoms with Crippen molar-refractivity contribution in [2.24, 2.45) is 0 Å². The van der Waals surface area contributed by atoms with Gasteiger partial charge in [-0.1, -0.05) is 42.3 Å². The van der Waals surface area contributed by atoms with Gasteiger partial charge in [0.25, 0.3) is 0 Å². The summed E-state index contributed by atoms with van der Waals surface area (Å²) >= 11 is 6.13. The normalized spacial score (nSPS) is 11.4. The van der Waals surface area contributed by atoms with Gasteiger partial charge in [0.05, 0.1) is 0 Å². The predicted molar refractivity (Wildman–Crippen MR) is 78.0 cm³/mol. The number of terminal acetylenes is 1. The van der Waals surface area contributed by atoms with Gasteiger partial charge in [-0.3, -0.25) is 4.79 Å². The lowest BCUT2D eigenvalue weighted by atomic mass is 10.1. The number of nitrogens with one attached hydrogen (secondary N) is 1. The fraction of sp³-hybridized carbons (Fsp3) is 0.0625. The minimum absolute atomic E-state index is 0.276. The van der Waals surface area contributed by atoms with Crippen molar-refractivity contribution in [3.05, 3.63) is 65.7 Å². The Morgan fingerprint density at radius 1 is 1.16 bits per heavy atom. The number of rotatable bonds is 3. The number of carbonyl (C=O) groups excluding carboxylic acids is 1. The van der Waals surface area contributed by atoms with Crippen molar-refractivity contribution in [2.75, 3.05) is 5.32 Å². The van der Waals surface area contributed by atoms with E-state index in [-0.39, 0.29) is 5.91 Å². The zero-order chi connectivity index (χ0) is 13.7. The predicted octanol–water partition coefficient (Wildman–Crippen LogP) is 3.59. The molecule has 0 radical (unpaired) electrons. The summed E-state index contributed by atoms with van der Waals surface area (Å²) in [5.74, 6) is 2.24. The summed E-state index contributed by atoms with van der Waals surface area (Å²) < 4.78 is 0. The van der Waals surface area contributed by atoms with Crippen LogP contribution in [0.2, 0.25) is 0 Å². The van der Waals surface area contributed by atoms with Crippen molar-refractivity contribution in [1.82, 2.24) is 0 Å². The summed E-state index contributed by atoms with van der Waals surface area (Å²) in [7, 11) is 0. The Morgan fingerprint density at radius 3 is 2.58 bits per heavy atom. The molecule has 0 aliphatic carbocycles. The van der Waals surface area contributed by atoms with Crippen LogP contribution in [0, 0.1) is 12.3 Å². The first-order chi connectivity index (χ1) is 9.20. The SMILES string of the molecule is C#Cc1cccc(NC(=O)[C@@H](Cl)c2ccccc2)c1. The van der Waals surface area contributed by atoms with Gasteiger partial charge in [-0.25, -0.2) is 0 Å². The maximum absolute atomic E-state index is 12.0. The lowest BCUT2D eigenvalue weighted by Crippen LogP contribution is -2.17. The van der Waals surface area contributed by atoms with E-state index in [1.807, 2.05) is 30.3 Å². The van der Waals surface area contributed by atoms with Crippen LogP contribution < -0.4 is 5.32 Å². The second-order valence-corrected chi connectivity index (χ2v) is 4.42. The Kier molecular flexibility index (Phi) is 4.22. The van der Waals surface area contributed by atoms with Gasteiger partial charge in [0, 0.05) is 11.3 Å². The van der Waals surface area contributed by atoms with Gasteiger partial charge in [0.1, 0.15) is 5.38 Å². The molecule has 1 N–H and O–H groups in total. The molecule has 0 aliphatic rings. The molecule has 1 amide bonds. The third kappa shape index (κ3) is 3.37. The monoisotopic (exact) mass is 269 g/mol. The first-order valence-corrected chi connectivity index (χ1v) is 6.21. The first-order valence-electron chi connectivity index (χ1n) is 5.77. The van der Waals surface area contributed by atoms with Crippen LogP contribution in [-0.2, 0) is 4.79 Å². The number of anilines is 1. The molecule has 19 heavy (non-hydrogen) atoms. The molecule has 0 aliphatic heterocycles. The number of amides is 1. The van der Waals surface area contributed by atoms with Crippen LogP contribution in [-0.4, -0.2) is 5.91 Å². The number of halogens is 1. The maximum Gasteiger partial charge on any atom is 0.246 e. The minimum Gasteiger partial charge on any atom is -0.324 e. The molecule has 0 unspecified atom stereocenters. The van der Waals surface area contributed by atoms with Crippen LogP contribution in [0.25, 0.3) is 0 Å². The van der Waals surface area contributed by atoms with Crippen molar-refractivity contribution >= 4 is 23.2 Å². The average molecular weight is 270 g/mol. The van der Waals surface area contributed by atoms with E-state index in [2.05, 4.69) is 11.2 Å². The zero-order valence-electron chi connectivity index (χ0n) is 10.1. The highest BCUT2D eigenvalue weighted by Crippen LogP contribution is 2.22. The molecule has 0 bridgehead atoms. The lowest BCUT2D eigenvalue weighted by molar-refractivity contribution is -0.116.